The topological polar surface area (TPSA) is 9.23 Å². The average Bonchev–Trinajstić information content (AvgIpc) is 2.26. The number of hydrogen-bond acceptors (Lipinski definition) is 1. The maximum Gasteiger partial charge on any atom is 0.165 e. The highest BCUT2D eigenvalue weighted by Gasteiger charge is 2.06. The van der Waals surface area contributed by atoms with Crippen molar-refractivity contribution in [3.8, 4) is 5.75 Å². The van der Waals surface area contributed by atoms with E-state index >= 15 is 0 Å². The molecule has 0 saturated heterocycles. The number of alkyl halides is 1. The number of rotatable bonds is 5. The fourth-order valence-corrected chi connectivity index (χ4v) is 1.44. The highest BCUT2D eigenvalue weighted by molar-refractivity contribution is 9.08. The summed E-state index contributed by atoms with van der Waals surface area (Å²) in [6.07, 6.45) is 1.04. The average molecular weight is 275 g/mol. The van der Waals surface area contributed by atoms with Crippen LogP contribution in [-0.2, 0) is 5.33 Å². The van der Waals surface area contributed by atoms with E-state index in [1.165, 1.54) is 6.07 Å². The Kier molecular flexibility index (Phi) is 5.09. The smallest absolute Gasteiger partial charge is 0.165 e. The molecule has 0 aliphatic rings. The monoisotopic (exact) mass is 274 g/mol. The van der Waals surface area contributed by atoms with Gasteiger partial charge in [0.15, 0.2) is 11.6 Å². The number of hydrogen-bond donors (Lipinski definition) is 0. The molecule has 0 saturated carbocycles. The Morgan fingerprint density at radius 2 is 2.20 bits per heavy atom. The molecule has 0 aromatic heterocycles. The summed E-state index contributed by atoms with van der Waals surface area (Å²) in [4.78, 5) is 0. The van der Waals surface area contributed by atoms with Crippen molar-refractivity contribution in [1.82, 2.24) is 0 Å². The Morgan fingerprint density at radius 1 is 1.47 bits per heavy atom. The molecule has 84 valence electrons. The molecule has 0 spiro atoms. The molecule has 3 heteroatoms. The molecule has 0 bridgehead atoms. The molecule has 1 nitrogen and oxygen atoms in total. The summed E-state index contributed by atoms with van der Waals surface area (Å²) in [7, 11) is 0. The molecular formula is C12H16BrFO. The van der Waals surface area contributed by atoms with E-state index in [1.807, 2.05) is 6.07 Å². The van der Waals surface area contributed by atoms with Crippen LogP contribution in [0.3, 0.4) is 0 Å². The van der Waals surface area contributed by atoms with Gasteiger partial charge in [-0.25, -0.2) is 4.39 Å². The Morgan fingerprint density at radius 3 is 2.73 bits per heavy atom. The van der Waals surface area contributed by atoms with Gasteiger partial charge in [-0.2, -0.15) is 0 Å². The van der Waals surface area contributed by atoms with Gasteiger partial charge < -0.3 is 4.74 Å². The van der Waals surface area contributed by atoms with Crippen LogP contribution >= 0.6 is 15.9 Å². The quantitative estimate of drug-likeness (QED) is 0.734. The van der Waals surface area contributed by atoms with Crippen molar-refractivity contribution >= 4 is 15.9 Å². The second kappa shape index (κ2) is 6.11. The van der Waals surface area contributed by atoms with Gasteiger partial charge in [0, 0.05) is 5.33 Å². The second-order valence-corrected chi connectivity index (χ2v) is 4.28. The molecule has 0 amide bonds. The molecule has 1 aromatic carbocycles. The van der Waals surface area contributed by atoms with E-state index in [0.717, 1.165) is 12.0 Å². The Bertz CT molecular complexity index is 314. The van der Waals surface area contributed by atoms with Crippen molar-refractivity contribution in [3.05, 3.63) is 29.6 Å². The van der Waals surface area contributed by atoms with Gasteiger partial charge in [-0.3, -0.25) is 0 Å². The summed E-state index contributed by atoms with van der Waals surface area (Å²) < 4.78 is 18.8. The van der Waals surface area contributed by atoms with E-state index in [4.69, 9.17) is 4.74 Å². The van der Waals surface area contributed by atoms with Crippen LogP contribution in [0.2, 0.25) is 0 Å². The summed E-state index contributed by atoms with van der Waals surface area (Å²) in [6.45, 7) is 4.75. The summed E-state index contributed by atoms with van der Waals surface area (Å²) >= 11 is 3.28. The first-order valence-corrected chi connectivity index (χ1v) is 6.26. The van der Waals surface area contributed by atoms with Crippen molar-refractivity contribution < 1.29 is 9.13 Å². The lowest BCUT2D eigenvalue weighted by Crippen LogP contribution is -2.08. The molecule has 15 heavy (non-hydrogen) atoms. The minimum absolute atomic E-state index is 0.282. The lowest BCUT2D eigenvalue weighted by Gasteiger charge is -2.11. The second-order valence-electron chi connectivity index (χ2n) is 3.72. The van der Waals surface area contributed by atoms with E-state index in [2.05, 4.69) is 29.8 Å². The largest absolute Gasteiger partial charge is 0.490 e. The van der Waals surface area contributed by atoms with Crippen LogP contribution in [-0.4, -0.2) is 6.61 Å². The summed E-state index contributed by atoms with van der Waals surface area (Å²) in [5.74, 6) is 0.524. The van der Waals surface area contributed by atoms with Crippen LogP contribution in [0.4, 0.5) is 4.39 Å². The Balaban J connectivity index is 2.62. The van der Waals surface area contributed by atoms with E-state index in [0.29, 0.717) is 23.6 Å². The van der Waals surface area contributed by atoms with Crippen molar-refractivity contribution in [1.29, 1.82) is 0 Å². The first kappa shape index (κ1) is 12.5. The van der Waals surface area contributed by atoms with E-state index < -0.39 is 0 Å². The maximum absolute atomic E-state index is 13.4. The summed E-state index contributed by atoms with van der Waals surface area (Å²) in [5, 5.41) is 0.662. The number of benzene rings is 1. The van der Waals surface area contributed by atoms with Gasteiger partial charge in [0.05, 0.1) is 6.61 Å². The van der Waals surface area contributed by atoms with E-state index in [-0.39, 0.29) is 5.82 Å². The Labute approximate surface area is 98.8 Å². The van der Waals surface area contributed by atoms with Crippen LogP contribution in [0.5, 0.6) is 5.75 Å². The third kappa shape index (κ3) is 3.82. The molecule has 0 N–H and O–H groups in total. The lowest BCUT2D eigenvalue weighted by atomic mass is 10.1. The molecule has 1 aromatic rings. The van der Waals surface area contributed by atoms with Gasteiger partial charge >= 0.3 is 0 Å². The molecule has 1 rings (SSSR count). The zero-order valence-corrected chi connectivity index (χ0v) is 10.7. The summed E-state index contributed by atoms with van der Waals surface area (Å²) in [5.41, 5.74) is 0.920. The first-order chi connectivity index (χ1) is 7.17. The highest BCUT2D eigenvalue weighted by atomic mass is 79.9. The maximum atomic E-state index is 13.4. The number of ether oxygens (including phenoxy) is 1. The molecule has 1 unspecified atom stereocenters. The van der Waals surface area contributed by atoms with Crippen molar-refractivity contribution in [2.75, 3.05) is 6.61 Å². The first-order valence-electron chi connectivity index (χ1n) is 5.14. The third-order valence-corrected chi connectivity index (χ3v) is 3.02. The summed E-state index contributed by atoms with van der Waals surface area (Å²) in [6, 6.07) is 5.05. The van der Waals surface area contributed by atoms with Crippen molar-refractivity contribution in [2.24, 2.45) is 5.92 Å². The zero-order chi connectivity index (χ0) is 11.3. The lowest BCUT2D eigenvalue weighted by molar-refractivity contribution is 0.246. The highest BCUT2D eigenvalue weighted by Crippen LogP contribution is 2.20. The Hall–Kier alpha value is -0.570. The van der Waals surface area contributed by atoms with Crippen LogP contribution < -0.4 is 4.74 Å². The molecule has 0 radical (unpaired) electrons. The van der Waals surface area contributed by atoms with Crippen LogP contribution in [0.1, 0.15) is 25.8 Å². The van der Waals surface area contributed by atoms with Gasteiger partial charge in [-0.15, -0.1) is 0 Å². The van der Waals surface area contributed by atoms with Crippen molar-refractivity contribution in [3.63, 3.8) is 0 Å². The van der Waals surface area contributed by atoms with E-state index in [1.54, 1.807) is 6.07 Å². The molecular weight excluding hydrogens is 259 g/mol. The fraction of sp³-hybridized carbons (Fsp3) is 0.500. The number of halogens is 2. The minimum atomic E-state index is -0.282. The van der Waals surface area contributed by atoms with Crippen molar-refractivity contribution in [2.45, 2.75) is 25.6 Å². The van der Waals surface area contributed by atoms with E-state index in [9.17, 15) is 4.39 Å². The molecule has 0 aliphatic heterocycles. The molecule has 0 fully saturated rings. The van der Waals surface area contributed by atoms with Gasteiger partial charge in [0.25, 0.3) is 0 Å². The molecule has 0 heterocycles. The SMILES string of the molecule is CCC(C)COc1ccc(CBr)cc1F. The van der Waals surface area contributed by atoms with Gasteiger partial charge in [-0.05, 0) is 23.6 Å². The molecule has 0 aliphatic carbocycles. The van der Waals surface area contributed by atoms with Crippen LogP contribution in [0.25, 0.3) is 0 Å². The minimum Gasteiger partial charge on any atom is -0.490 e. The van der Waals surface area contributed by atoms with Crippen LogP contribution in [0, 0.1) is 11.7 Å². The molecule has 1 atom stereocenters. The fourth-order valence-electron chi connectivity index (χ4n) is 1.09. The zero-order valence-electron chi connectivity index (χ0n) is 9.09. The predicted octanol–water partition coefficient (Wildman–Crippen LogP) is 4.15. The normalized spacial score (nSPS) is 12.5. The predicted molar refractivity (Wildman–Crippen MR) is 64.0 cm³/mol. The standard InChI is InChI=1S/C12H16BrFO/c1-3-9(2)8-15-12-5-4-10(7-13)6-11(12)14/h4-6,9H,3,7-8H2,1-2H3. The van der Waals surface area contributed by atoms with Crippen LogP contribution in [0.15, 0.2) is 18.2 Å². The van der Waals surface area contributed by atoms with Gasteiger partial charge in [-0.1, -0.05) is 42.3 Å². The van der Waals surface area contributed by atoms with Gasteiger partial charge in [0.1, 0.15) is 0 Å². The third-order valence-electron chi connectivity index (χ3n) is 2.37. The van der Waals surface area contributed by atoms with Gasteiger partial charge in [0.2, 0.25) is 0 Å².